The molecule has 5 nitrogen and oxygen atoms in total. The number of hydrogen-bond donors (Lipinski definition) is 0. The number of carboxylic acids is 1. The first-order valence-corrected chi connectivity index (χ1v) is 4.90. The summed E-state index contributed by atoms with van der Waals surface area (Å²) in [4.78, 5) is 10.6. The molecule has 1 aromatic heterocycles. The molecule has 0 aliphatic heterocycles. The maximum absolute atomic E-state index is 10.6. The Bertz CT molecular complexity index is 516. The van der Waals surface area contributed by atoms with Gasteiger partial charge in [0.25, 0.3) is 0 Å². The van der Waals surface area contributed by atoms with Crippen LogP contribution in [0.4, 0.5) is 0 Å². The van der Waals surface area contributed by atoms with E-state index in [1.165, 1.54) is 4.68 Å². The molecule has 17 heavy (non-hydrogen) atoms. The van der Waals surface area contributed by atoms with Crippen molar-refractivity contribution in [1.82, 2.24) is 15.0 Å². The Morgan fingerprint density at radius 1 is 1.35 bits per heavy atom. The average molecular weight is 260 g/mol. The number of carboxylic acid groups (broad SMARTS) is 1. The van der Waals surface area contributed by atoms with Gasteiger partial charge in [0.15, 0.2) is 5.15 Å². The van der Waals surface area contributed by atoms with Gasteiger partial charge in [0.1, 0.15) is 5.69 Å². The van der Waals surface area contributed by atoms with E-state index in [-0.39, 0.29) is 40.4 Å². The Kier molecular flexibility index (Phi) is 5.14. The quantitative estimate of drug-likeness (QED) is 0.565. The predicted octanol–water partition coefficient (Wildman–Crippen LogP) is -2.65. The van der Waals surface area contributed by atoms with Gasteiger partial charge in [-0.2, -0.15) is 0 Å². The van der Waals surface area contributed by atoms with Crippen LogP contribution in [0.5, 0.6) is 0 Å². The fourth-order valence-electron chi connectivity index (χ4n) is 1.28. The molecular weight excluding hydrogens is 253 g/mol. The monoisotopic (exact) mass is 259 g/mol. The number of aromatic nitrogens is 3. The summed E-state index contributed by atoms with van der Waals surface area (Å²) in [5, 5.41) is 17.6. The number of carbonyl (C=O) groups excluding carboxylic acids is 1. The Hall–Kier alpha value is -0.880. The molecule has 0 aliphatic carbocycles. The van der Waals surface area contributed by atoms with Gasteiger partial charge in [-0.1, -0.05) is 47.1 Å². The van der Waals surface area contributed by atoms with E-state index in [1.807, 2.05) is 30.3 Å². The van der Waals surface area contributed by atoms with E-state index in [0.717, 1.165) is 5.56 Å². The SMILES string of the molecule is O=C([O-])c1nnn(Cc2ccccc2)c1Cl.[Na+]. The summed E-state index contributed by atoms with van der Waals surface area (Å²) in [5.74, 6) is -1.43. The summed E-state index contributed by atoms with van der Waals surface area (Å²) in [6.45, 7) is 0.375. The number of hydrogen-bond acceptors (Lipinski definition) is 4. The molecule has 0 aliphatic rings. The number of aromatic carboxylic acids is 1. The van der Waals surface area contributed by atoms with E-state index in [1.54, 1.807) is 0 Å². The van der Waals surface area contributed by atoms with Crippen LogP contribution in [0.15, 0.2) is 30.3 Å². The van der Waals surface area contributed by atoms with Gasteiger partial charge < -0.3 is 9.90 Å². The zero-order valence-electron chi connectivity index (χ0n) is 9.13. The first kappa shape index (κ1) is 14.2. The molecular formula is C10H7ClN3NaO2. The molecule has 0 saturated carbocycles. The van der Waals surface area contributed by atoms with Crippen molar-refractivity contribution < 1.29 is 39.5 Å². The van der Waals surface area contributed by atoms with E-state index in [4.69, 9.17) is 11.6 Å². The molecule has 0 spiro atoms. The van der Waals surface area contributed by atoms with Gasteiger partial charge in [-0.3, -0.25) is 0 Å². The van der Waals surface area contributed by atoms with Crippen molar-refractivity contribution in [3.8, 4) is 0 Å². The van der Waals surface area contributed by atoms with Gasteiger partial charge in [-0.25, -0.2) is 4.68 Å². The molecule has 2 aromatic rings. The molecule has 0 fully saturated rings. The van der Waals surface area contributed by atoms with Crippen LogP contribution in [-0.2, 0) is 6.54 Å². The van der Waals surface area contributed by atoms with E-state index in [9.17, 15) is 9.90 Å². The van der Waals surface area contributed by atoms with Crippen LogP contribution >= 0.6 is 11.6 Å². The second kappa shape index (κ2) is 6.16. The van der Waals surface area contributed by atoms with Gasteiger partial charge in [0.05, 0.1) is 12.5 Å². The molecule has 2 rings (SSSR count). The Balaban J connectivity index is 0.00000144. The first-order chi connectivity index (χ1) is 7.68. The third-order valence-electron chi connectivity index (χ3n) is 2.04. The summed E-state index contributed by atoms with van der Waals surface area (Å²) < 4.78 is 1.31. The average Bonchev–Trinajstić information content (AvgIpc) is 2.62. The molecule has 7 heteroatoms. The van der Waals surface area contributed by atoms with E-state index >= 15 is 0 Å². The summed E-state index contributed by atoms with van der Waals surface area (Å²) in [6, 6.07) is 9.41. The number of benzene rings is 1. The predicted molar refractivity (Wildman–Crippen MR) is 54.9 cm³/mol. The van der Waals surface area contributed by atoms with Gasteiger partial charge in [-0.05, 0) is 5.56 Å². The fraction of sp³-hybridized carbons (Fsp3) is 0.100. The van der Waals surface area contributed by atoms with Crippen LogP contribution in [0.2, 0.25) is 5.15 Å². The van der Waals surface area contributed by atoms with Gasteiger partial charge in [0.2, 0.25) is 0 Å². The molecule has 1 heterocycles. The summed E-state index contributed by atoms with van der Waals surface area (Å²) >= 11 is 5.79. The molecule has 0 bridgehead atoms. The van der Waals surface area contributed by atoms with Crippen LogP contribution in [0.25, 0.3) is 0 Å². The van der Waals surface area contributed by atoms with Gasteiger partial charge in [0, 0.05) is 0 Å². The zero-order chi connectivity index (χ0) is 11.5. The second-order valence-electron chi connectivity index (χ2n) is 3.16. The second-order valence-corrected chi connectivity index (χ2v) is 3.52. The molecule has 0 saturated heterocycles. The standard InChI is InChI=1S/C10H8ClN3O2.Na/c11-9-8(10(15)16)12-13-14(9)6-7-4-2-1-3-5-7;/h1-5H,6H2,(H,15,16);/q;+1/p-1. The van der Waals surface area contributed by atoms with Crippen LogP contribution in [-0.4, -0.2) is 21.0 Å². The van der Waals surface area contributed by atoms with E-state index in [2.05, 4.69) is 10.3 Å². The third-order valence-corrected chi connectivity index (χ3v) is 2.42. The molecule has 0 N–H and O–H groups in total. The fourth-order valence-corrected chi connectivity index (χ4v) is 1.49. The molecule has 0 unspecified atom stereocenters. The van der Waals surface area contributed by atoms with Crippen molar-refractivity contribution in [2.75, 3.05) is 0 Å². The van der Waals surface area contributed by atoms with Gasteiger partial charge in [-0.15, -0.1) is 5.10 Å². The minimum Gasteiger partial charge on any atom is -0.543 e. The number of rotatable bonds is 3. The Morgan fingerprint density at radius 2 is 2.00 bits per heavy atom. The molecule has 0 radical (unpaired) electrons. The topological polar surface area (TPSA) is 70.8 Å². The largest absolute Gasteiger partial charge is 1.00 e. The van der Waals surface area contributed by atoms with Crippen LogP contribution in [0.3, 0.4) is 0 Å². The summed E-state index contributed by atoms with van der Waals surface area (Å²) in [6.07, 6.45) is 0. The molecule has 1 aromatic carbocycles. The van der Waals surface area contributed by atoms with Crippen molar-refractivity contribution in [1.29, 1.82) is 0 Å². The normalized spacial score (nSPS) is 9.71. The van der Waals surface area contributed by atoms with E-state index < -0.39 is 5.97 Å². The summed E-state index contributed by atoms with van der Waals surface area (Å²) in [5.41, 5.74) is 0.622. The first-order valence-electron chi connectivity index (χ1n) is 4.52. The zero-order valence-corrected chi connectivity index (χ0v) is 11.9. The van der Waals surface area contributed by atoms with Crippen LogP contribution in [0, 0.1) is 0 Å². The smallest absolute Gasteiger partial charge is 0.543 e. The minimum absolute atomic E-state index is 0. The third kappa shape index (κ3) is 3.29. The molecule has 0 amide bonds. The van der Waals surface area contributed by atoms with Crippen molar-refractivity contribution >= 4 is 17.6 Å². The van der Waals surface area contributed by atoms with Crippen LogP contribution < -0.4 is 34.7 Å². The Labute approximate surface area is 125 Å². The van der Waals surface area contributed by atoms with E-state index in [0.29, 0.717) is 6.54 Å². The van der Waals surface area contributed by atoms with Crippen molar-refractivity contribution in [2.45, 2.75) is 6.54 Å². The maximum atomic E-state index is 10.6. The van der Waals surface area contributed by atoms with Crippen molar-refractivity contribution in [2.24, 2.45) is 0 Å². The van der Waals surface area contributed by atoms with Crippen LogP contribution in [0.1, 0.15) is 16.1 Å². The van der Waals surface area contributed by atoms with Crippen molar-refractivity contribution in [3.05, 3.63) is 46.7 Å². The maximum Gasteiger partial charge on any atom is 1.00 e. The number of halogens is 1. The van der Waals surface area contributed by atoms with Gasteiger partial charge >= 0.3 is 29.6 Å². The molecule has 82 valence electrons. The van der Waals surface area contributed by atoms with Crippen molar-refractivity contribution in [3.63, 3.8) is 0 Å². The Morgan fingerprint density at radius 3 is 2.53 bits per heavy atom. The molecule has 0 atom stereocenters. The number of carbonyl (C=O) groups is 1. The summed E-state index contributed by atoms with van der Waals surface area (Å²) in [7, 11) is 0. The number of nitrogens with zero attached hydrogens (tertiary/aromatic N) is 3. The minimum atomic E-state index is -1.43.